The number of halogens is 3. The van der Waals surface area contributed by atoms with Crippen molar-refractivity contribution in [1.29, 1.82) is 0 Å². The molecule has 3 aromatic rings. The van der Waals surface area contributed by atoms with E-state index in [1.807, 2.05) is 30.3 Å². The third-order valence-corrected chi connectivity index (χ3v) is 5.77. The average Bonchev–Trinajstić information content (AvgIpc) is 3.06. The second-order valence-electron chi connectivity index (χ2n) is 6.74. The number of aromatic amines is 1. The van der Waals surface area contributed by atoms with Gasteiger partial charge in [-0.05, 0) is 30.5 Å². The molecule has 0 aliphatic heterocycles. The van der Waals surface area contributed by atoms with E-state index in [9.17, 15) is 0 Å². The number of aromatic nitrogens is 2. The molecule has 0 aliphatic rings. The van der Waals surface area contributed by atoms with Crippen LogP contribution in [0.3, 0.4) is 0 Å². The van der Waals surface area contributed by atoms with Crippen LogP contribution in [0.4, 0.5) is 0 Å². The second kappa shape index (κ2) is 9.64. The molecule has 2 nitrogen and oxygen atoms in total. The van der Waals surface area contributed by atoms with Gasteiger partial charge in [0.2, 0.25) is 0 Å². The molecule has 0 amide bonds. The summed E-state index contributed by atoms with van der Waals surface area (Å²) in [5.41, 5.74) is 4.35. The first-order chi connectivity index (χ1) is 13.1. The van der Waals surface area contributed by atoms with Gasteiger partial charge in [0.15, 0.2) is 0 Å². The lowest BCUT2D eigenvalue weighted by Crippen LogP contribution is -1.93. The van der Waals surface area contributed by atoms with E-state index in [0.29, 0.717) is 21.5 Å². The number of H-pyrrole nitrogens is 1. The highest BCUT2D eigenvalue weighted by Gasteiger charge is 2.14. The Hall–Kier alpha value is -1.48. The monoisotopic (exact) mass is 420 g/mol. The molecule has 5 heteroatoms. The van der Waals surface area contributed by atoms with Crippen molar-refractivity contribution in [1.82, 2.24) is 9.97 Å². The van der Waals surface area contributed by atoms with E-state index < -0.39 is 0 Å². The smallest absolute Gasteiger partial charge is 0.111 e. The van der Waals surface area contributed by atoms with E-state index in [1.165, 1.54) is 25.0 Å². The lowest BCUT2D eigenvalue weighted by Gasteiger charge is -2.04. The van der Waals surface area contributed by atoms with E-state index in [2.05, 4.69) is 24.0 Å². The van der Waals surface area contributed by atoms with Crippen molar-refractivity contribution in [2.24, 2.45) is 0 Å². The summed E-state index contributed by atoms with van der Waals surface area (Å²) >= 11 is 18.4. The molecule has 1 heterocycles. The Morgan fingerprint density at radius 1 is 0.926 bits per heavy atom. The topological polar surface area (TPSA) is 28.7 Å². The first-order valence-corrected chi connectivity index (χ1v) is 10.5. The summed E-state index contributed by atoms with van der Waals surface area (Å²) < 4.78 is 0. The van der Waals surface area contributed by atoms with Crippen LogP contribution in [0.25, 0.3) is 11.3 Å². The molecule has 1 N–H and O–H groups in total. The summed E-state index contributed by atoms with van der Waals surface area (Å²) in [6.07, 6.45) is 6.53. The Morgan fingerprint density at radius 3 is 2.30 bits per heavy atom. The van der Waals surface area contributed by atoms with Gasteiger partial charge in [-0.3, -0.25) is 0 Å². The average molecular weight is 422 g/mol. The number of rotatable bonds is 8. The van der Waals surface area contributed by atoms with E-state index in [4.69, 9.17) is 39.8 Å². The van der Waals surface area contributed by atoms with Crippen molar-refractivity contribution in [2.75, 3.05) is 0 Å². The Kier molecular flexibility index (Phi) is 7.23. The number of aryl methyl sites for hydroxylation is 1. The number of hydrogen-bond acceptors (Lipinski definition) is 1. The minimum atomic E-state index is 0.392. The number of unbranched alkanes of at least 4 members (excludes halogenated alkanes) is 3. The molecular weight excluding hydrogens is 399 g/mol. The van der Waals surface area contributed by atoms with E-state index >= 15 is 0 Å². The third-order valence-electron chi connectivity index (χ3n) is 4.57. The molecular formula is C22H23Cl3N2. The van der Waals surface area contributed by atoms with Crippen LogP contribution in [0.5, 0.6) is 0 Å². The fraction of sp³-hybridized carbons (Fsp3) is 0.318. The van der Waals surface area contributed by atoms with Crippen molar-refractivity contribution in [2.45, 2.75) is 45.4 Å². The van der Waals surface area contributed by atoms with Crippen LogP contribution < -0.4 is 0 Å². The van der Waals surface area contributed by atoms with Crippen LogP contribution >= 0.6 is 34.8 Å². The summed E-state index contributed by atoms with van der Waals surface area (Å²) in [4.78, 5) is 8.41. The van der Waals surface area contributed by atoms with Crippen molar-refractivity contribution >= 4 is 34.8 Å². The zero-order valence-electron chi connectivity index (χ0n) is 15.4. The summed E-state index contributed by atoms with van der Waals surface area (Å²) in [6, 6.07) is 14.0. The van der Waals surface area contributed by atoms with Crippen LogP contribution in [0.1, 0.15) is 49.7 Å². The second-order valence-corrected chi connectivity index (χ2v) is 7.93. The Morgan fingerprint density at radius 2 is 1.63 bits per heavy atom. The van der Waals surface area contributed by atoms with E-state index in [-0.39, 0.29) is 0 Å². The summed E-state index contributed by atoms with van der Waals surface area (Å²) in [6.45, 7) is 2.23. The molecule has 0 spiro atoms. The zero-order chi connectivity index (χ0) is 19.2. The van der Waals surface area contributed by atoms with Gasteiger partial charge in [-0.2, -0.15) is 0 Å². The Balaban J connectivity index is 1.86. The minimum Gasteiger partial charge on any atom is -0.345 e. The largest absolute Gasteiger partial charge is 0.345 e. The van der Waals surface area contributed by atoms with Gasteiger partial charge >= 0.3 is 0 Å². The van der Waals surface area contributed by atoms with E-state index in [0.717, 1.165) is 35.5 Å². The van der Waals surface area contributed by atoms with Crippen LogP contribution in [0.15, 0.2) is 42.5 Å². The maximum atomic E-state index is 6.17. The lowest BCUT2D eigenvalue weighted by atomic mass is 10.1. The standard InChI is InChI=1S/C22H23Cl3N2/c1-2-3-4-8-11-19-22(16-9-6-5-7-10-16)27-20(26-19)14-15-12-17(23)21(25)18(24)13-15/h5-7,9-10,12-13H,2-4,8,11,14H2,1H3,(H,26,27). The Labute approximate surface area is 175 Å². The van der Waals surface area contributed by atoms with Gasteiger partial charge in [-0.15, -0.1) is 0 Å². The molecule has 2 aromatic carbocycles. The minimum absolute atomic E-state index is 0.392. The van der Waals surface area contributed by atoms with Gasteiger partial charge in [0.1, 0.15) is 5.82 Å². The lowest BCUT2D eigenvalue weighted by molar-refractivity contribution is 0.662. The van der Waals surface area contributed by atoms with Crippen molar-refractivity contribution in [3.63, 3.8) is 0 Å². The molecule has 1 aromatic heterocycles. The van der Waals surface area contributed by atoms with Crippen LogP contribution in [-0.4, -0.2) is 9.97 Å². The van der Waals surface area contributed by atoms with Crippen LogP contribution in [-0.2, 0) is 12.8 Å². The predicted octanol–water partition coefficient (Wildman–Crippen LogP) is 7.75. The molecule has 0 saturated heterocycles. The normalized spacial score (nSPS) is 11.1. The molecule has 27 heavy (non-hydrogen) atoms. The summed E-state index contributed by atoms with van der Waals surface area (Å²) in [5.74, 6) is 0.911. The maximum Gasteiger partial charge on any atom is 0.111 e. The molecule has 0 unspecified atom stereocenters. The Bertz CT molecular complexity index is 865. The van der Waals surface area contributed by atoms with Crippen LogP contribution in [0, 0.1) is 0 Å². The third kappa shape index (κ3) is 5.28. The van der Waals surface area contributed by atoms with Crippen molar-refractivity contribution < 1.29 is 0 Å². The highest BCUT2D eigenvalue weighted by molar-refractivity contribution is 6.48. The highest BCUT2D eigenvalue weighted by atomic mass is 35.5. The summed E-state index contributed by atoms with van der Waals surface area (Å²) in [7, 11) is 0. The van der Waals surface area contributed by atoms with Gasteiger partial charge in [0, 0.05) is 17.7 Å². The fourth-order valence-electron chi connectivity index (χ4n) is 3.20. The number of nitrogens with zero attached hydrogens (tertiary/aromatic N) is 1. The molecule has 0 saturated carbocycles. The first kappa shape index (κ1) is 20.3. The van der Waals surface area contributed by atoms with Gasteiger partial charge in [-0.25, -0.2) is 4.98 Å². The number of hydrogen-bond donors (Lipinski definition) is 1. The summed E-state index contributed by atoms with van der Waals surface area (Å²) in [5, 5.41) is 1.32. The highest BCUT2D eigenvalue weighted by Crippen LogP contribution is 2.32. The quantitative estimate of drug-likeness (QED) is 0.292. The molecule has 0 atom stereocenters. The van der Waals surface area contributed by atoms with Gasteiger partial charge in [0.05, 0.1) is 20.8 Å². The number of nitrogens with one attached hydrogen (secondary N) is 1. The van der Waals surface area contributed by atoms with Gasteiger partial charge in [0.25, 0.3) is 0 Å². The molecule has 3 rings (SSSR count). The van der Waals surface area contributed by atoms with Gasteiger partial charge in [-0.1, -0.05) is 91.3 Å². The predicted molar refractivity (Wildman–Crippen MR) is 116 cm³/mol. The fourth-order valence-corrected chi connectivity index (χ4v) is 3.84. The molecule has 0 fully saturated rings. The zero-order valence-corrected chi connectivity index (χ0v) is 17.6. The number of imidazole rings is 1. The van der Waals surface area contributed by atoms with Crippen molar-refractivity contribution in [3.05, 3.63) is 74.6 Å². The van der Waals surface area contributed by atoms with E-state index in [1.54, 1.807) is 0 Å². The molecule has 0 radical (unpaired) electrons. The SMILES string of the molecule is CCCCCCc1[nH]c(Cc2cc(Cl)c(Cl)c(Cl)c2)nc1-c1ccccc1. The van der Waals surface area contributed by atoms with Crippen LogP contribution in [0.2, 0.25) is 15.1 Å². The molecule has 142 valence electrons. The van der Waals surface area contributed by atoms with Gasteiger partial charge < -0.3 is 4.98 Å². The maximum absolute atomic E-state index is 6.17. The number of benzene rings is 2. The molecule has 0 bridgehead atoms. The van der Waals surface area contributed by atoms with Crippen molar-refractivity contribution in [3.8, 4) is 11.3 Å². The molecule has 0 aliphatic carbocycles. The first-order valence-electron chi connectivity index (χ1n) is 9.35.